The molecule has 2 aromatic rings. The van der Waals surface area contributed by atoms with Crippen molar-refractivity contribution in [2.24, 2.45) is 0 Å². The molecule has 1 atom stereocenters. The lowest BCUT2D eigenvalue weighted by molar-refractivity contribution is -0.131. The van der Waals surface area contributed by atoms with Gasteiger partial charge in [-0.25, -0.2) is 0 Å². The second-order valence-electron chi connectivity index (χ2n) is 7.01. The average Bonchev–Trinajstić information content (AvgIpc) is 3.12. The smallest absolute Gasteiger partial charge is 0.227 e. The van der Waals surface area contributed by atoms with Crippen LogP contribution in [-0.2, 0) is 24.3 Å². The van der Waals surface area contributed by atoms with Gasteiger partial charge < -0.3 is 19.5 Å². The van der Waals surface area contributed by atoms with Crippen molar-refractivity contribution in [1.29, 1.82) is 0 Å². The summed E-state index contributed by atoms with van der Waals surface area (Å²) in [6, 6.07) is 7.73. The second kappa shape index (κ2) is 7.45. The molecule has 2 aliphatic heterocycles. The number of carbonyl (C=O) groups is 1. The number of aromatic nitrogens is 3. The van der Waals surface area contributed by atoms with Gasteiger partial charge in [-0.3, -0.25) is 4.79 Å². The zero-order valence-corrected chi connectivity index (χ0v) is 15.1. The lowest BCUT2D eigenvalue weighted by atomic mass is 9.96. The van der Waals surface area contributed by atoms with Crippen LogP contribution in [0, 0.1) is 0 Å². The lowest BCUT2D eigenvalue weighted by Crippen LogP contribution is -2.41. The number of benzene rings is 1. The standard InChI is InChI=1S/C19H25N5O2/c1-26-16-6-2-4-14(10-16)11-18(25)23-8-3-5-15(13-23)19-22-21-17-12-20-7-9-24(17)19/h2,4,6,10,15,20H,3,5,7-9,11-13H2,1H3/t15-/m0/s1. The molecule has 1 aromatic carbocycles. The fraction of sp³-hybridized carbons (Fsp3) is 0.526. The number of nitrogens with one attached hydrogen (secondary N) is 1. The SMILES string of the molecule is COc1cccc(CC(=O)N2CCC[C@H](c3nnc4n3CCNC4)C2)c1. The summed E-state index contributed by atoms with van der Waals surface area (Å²) < 4.78 is 7.49. The molecule has 7 nitrogen and oxygen atoms in total. The molecule has 1 fully saturated rings. The van der Waals surface area contributed by atoms with Crippen LogP contribution in [0.25, 0.3) is 0 Å². The molecule has 0 radical (unpaired) electrons. The molecule has 1 saturated heterocycles. The van der Waals surface area contributed by atoms with Crippen LogP contribution in [0.5, 0.6) is 5.75 Å². The minimum atomic E-state index is 0.169. The van der Waals surface area contributed by atoms with Crippen molar-refractivity contribution in [2.75, 3.05) is 26.7 Å². The van der Waals surface area contributed by atoms with E-state index in [0.717, 1.165) is 68.5 Å². The number of rotatable bonds is 4. The summed E-state index contributed by atoms with van der Waals surface area (Å²) in [5.41, 5.74) is 0.988. The number of hydrogen-bond acceptors (Lipinski definition) is 5. The molecule has 138 valence electrons. The molecule has 3 heterocycles. The van der Waals surface area contributed by atoms with Crippen molar-refractivity contribution in [2.45, 2.75) is 38.3 Å². The maximum absolute atomic E-state index is 12.8. The van der Waals surface area contributed by atoms with Gasteiger partial charge in [-0.2, -0.15) is 0 Å². The Balaban J connectivity index is 1.44. The average molecular weight is 355 g/mol. The first kappa shape index (κ1) is 17.0. The topological polar surface area (TPSA) is 72.3 Å². The van der Waals surface area contributed by atoms with E-state index in [9.17, 15) is 4.79 Å². The normalized spacial score (nSPS) is 19.9. The molecule has 2 aliphatic rings. The van der Waals surface area contributed by atoms with E-state index in [-0.39, 0.29) is 11.8 Å². The van der Waals surface area contributed by atoms with Crippen molar-refractivity contribution >= 4 is 5.91 Å². The zero-order valence-electron chi connectivity index (χ0n) is 15.1. The molecule has 1 aromatic heterocycles. The number of fused-ring (bicyclic) bond motifs is 1. The van der Waals surface area contributed by atoms with E-state index in [1.807, 2.05) is 29.2 Å². The predicted octanol–water partition coefficient (Wildman–Crippen LogP) is 1.34. The summed E-state index contributed by atoms with van der Waals surface area (Å²) in [6.45, 7) is 4.18. The lowest BCUT2D eigenvalue weighted by Gasteiger charge is -2.33. The predicted molar refractivity (Wildman–Crippen MR) is 97.0 cm³/mol. The number of methoxy groups -OCH3 is 1. The van der Waals surface area contributed by atoms with E-state index in [1.165, 1.54) is 0 Å². The maximum Gasteiger partial charge on any atom is 0.227 e. The molecule has 1 amide bonds. The van der Waals surface area contributed by atoms with Crippen LogP contribution in [-0.4, -0.2) is 52.3 Å². The molecule has 0 spiro atoms. The van der Waals surface area contributed by atoms with Crippen LogP contribution < -0.4 is 10.1 Å². The maximum atomic E-state index is 12.8. The summed E-state index contributed by atoms with van der Waals surface area (Å²) in [4.78, 5) is 14.8. The molecule has 0 aliphatic carbocycles. The fourth-order valence-corrected chi connectivity index (χ4v) is 3.90. The molecular formula is C19H25N5O2. The van der Waals surface area contributed by atoms with E-state index in [2.05, 4.69) is 20.1 Å². The van der Waals surface area contributed by atoms with Gasteiger partial charge in [-0.15, -0.1) is 10.2 Å². The van der Waals surface area contributed by atoms with Crippen molar-refractivity contribution in [3.63, 3.8) is 0 Å². The van der Waals surface area contributed by atoms with Gasteiger partial charge >= 0.3 is 0 Å². The molecule has 7 heteroatoms. The van der Waals surface area contributed by atoms with Gasteiger partial charge in [-0.1, -0.05) is 12.1 Å². The third kappa shape index (κ3) is 3.44. The Morgan fingerprint density at radius 3 is 3.15 bits per heavy atom. The van der Waals surface area contributed by atoms with Crippen LogP contribution in [0.1, 0.15) is 36.0 Å². The minimum Gasteiger partial charge on any atom is -0.497 e. The van der Waals surface area contributed by atoms with Gasteiger partial charge in [0, 0.05) is 32.1 Å². The molecule has 26 heavy (non-hydrogen) atoms. The molecule has 1 N–H and O–H groups in total. The molecule has 0 saturated carbocycles. The van der Waals surface area contributed by atoms with Gasteiger partial charge in [-0.05, 0) is 30.5 Å². The highest BCUT2D eigenvalue weighted by molar-refractivity contribution is 5.79. The Hall–Kier alpha value is -2.41. The number of likely N-dealkylation sites (tertiary alicyclic amines) is 1. The summed E-state index contributed by atoms with van der Waals surface area (Å²) in [6.07, 6.45) is 2.48. The highest BCUT2D eigenvalue weighted by Gasteiger charge is 2.29. The van der Waals surface area contributed by atoms with E-state index in [1.54, 1.807) is 7.11 Å². The van der Waals surface area contributed by atoms with E-state index >= 15 is 0 Å². The molecule has 0 bridgehead atoms. The Kier molecular flexibility index (Phi) is 4.88. The summed E-state index contributed by atoms with van der Waals surface area (Å²) in [7, 11) is 1.64. The minimum absolute atomic E-state index is 0.169. The monoisotopic (exact) mass is 355 g/mol. The number of nitrogens with zero attached hydrogens (tertiary/aromatic N) is 4. The van der Waals surface area contributed by atoms with Crippen LogP contribution in [0.2, 0.25) is 0 Å². The number of amides is 1. The van der Waals surface area contributed by atoms with Crippen molar-refractivity contribution in [1.82, 2.24) is 25.0 Å². The van der Waals surface area contributed by atoms with Crippen LogP contribution in [0.15, 0.2) is 24.3 Å². The Bertz CT molecular complexity index is 788. The van der Waals surface area contributed by atoms with Crippen molar-refractivity contribution in [3.05, 3.63) is 41.5 Å². The van der Waals surface area contributed by atoms with Gasteiger partial charge in [0.05, 0.1) is 20.1 Å². The Morgan fingerprint density at radius 2 is 2.27 bits per heavy atom. The Morgan fingerprint density at radius 1 is 1.35 bits per heavy atom. The molecule has 4 rings (SSSR count). The van der Waals surface area contributed by atoms with Crippen molar-refractivity contribution < 1.29 is 9.53 Å². The van der Waals surface area contributed by atoms with Gasteiger partial charge in [0.15, 0.2) is 0 Å². The highest BCUT2D eigenvalue weighted by atomic mass is 16.5. The molecular weight excluding hydrogens is 330 g/mol. The third-order valence-corrected chi connectivity index (χ3v) is 5.28. The van der Waals surface area contributed by atoms with E-state index < -0.39 is 0 Å². The largest absolute Gasteiger partial charge is 0.497 e. The van der Waals surface area contributed by atoms with Gasteiger partial charge in [0.1, 0.15) is 17.4 Å². The third-order valence-electron chi connectivity index (χ3n) is 5.28. The summed E-state index contributed by atoms with van der Waals surface area (Å²) in [5, 5.41) is 12.1. The zero-order chi connectivity index (χ0) is 17.9. The van der Waals surface area contributed by atoms with Crippen LogP contribution >= 0.6 is 0 Å². The Labute approximate surface area is 153 Å². The molecule has 0 unspecified atom stereocenters. The second-order valence-corrected chi connectivity index (χ2v) is 7.01. The van der Waals surface area contributed by atoms with E-state index in [4.69, 9.17) is 4.74 Å². The number of hydrogen-bond donors (Lipinski definition) is 1. The highest BCUT2D eigenvalue weighted by Crippen LogP contribution is 2.27. The van der Waals surface area contributed by atoms with E-state index in [0.29, 0.717) is 6.42 Å². The summed E-state index contributed by atoms with van der Waals surface area (Å²) >= 11 is 0. The fourth-order valence-electron chi connectivity index (χ4n) is 3.90. The first-order valence-corrected chi connectivity index (χ1v) is 9.28. The first-order chi connectivity index (χ1) is 12.7. The number of piperidine rings is 1. The van der Waals surface area contributed by atoms with Crippen LogP contribution in [0.4, 0.5) is 0 Å². The number of carbonyl (C=O) groups excluding carboxylic acids is 1. The summed E-state index contributed by atoms with van der Waals surface area (Å²) in [5.74, 6) is 3.28. The quantitative estimate of drug-likeness (QED) is 0.896. The number of ether oxygens (including phenoxy) is 1. The van der Waals surface area contributed by atoms with Crippen LogP contribution in [0.3, 0.4) is 0 Å². The van der Waals surface area contributed by atoms with Gasteiger partial charge in [0.25, 0.3) is 0 Å². The first-order valence-electron chi connectivity index (χ1n) is 9.28. The van der Waals surface area contributed by atoms with Crippen molar-refractivity contribution in [3.8, 4) is 5.75 Å². The van der Waals surface area contributed by atoms with Gasteiger partial charge in [0.2, 0.25) is 5.91 Å².